The largest absolute Gasteiger partial charge is 0.459 e. The maximum absolute atomic E-state index is 13.0. The van der Waals surface area contributed by atoms with Crippen LogP contribution in [-0.2, 0) is 9.53 Å². The smallest absolute Gasteiger partial charge is 0.384 e. The van der Waals surface area contributed by atoms with Crippen LogP contribution < -0.4 is 0 Å². The second-order valence-electron chi connectivity index (χ2n) is 2.65. The highest BCUT2D eigenvalue weighted by molar-refractivity contribution is 5.89. The van der Waals surface area contributed by atoms with Crippen molar-refractivity contribution in [3.63, 3.8) is 0 Å². The molecule has 0 saturated carbocycles. The summed E-state index contributed by atoms with van der Waals surface area (Å²) in [6.07, 6.45) is 0. The summed E-state index contributed by atoms with van der Waals surface area (Å²) in [5.74, 6) is 3.82. The molecule has 3 heteroatoms. The Morgan fingerprint density at radius 2 is 2.21 bits per heavy atom. The van der Waals surface area contributed by atoms with Gasteiger partial charge in [0.25, 0.3) is 0 Å². The first-order chi connectivity index (χ1) is 6.65. The third kappa shape index (κ3) is 2.33. The van der Waals surface area contributed by atoms with Crippen molar-refractivity contribution < 1.29 is 13.9 Å². The summed E-state index contributed by atoms with van der Waals surface area (Å²) in [6, 6.07) is 4.54. The zero-order chi connectivity index (χ0) is 10.6. The number of ether oxygens (including phenoxy) is 1. The van der Waals surface area contributed by atoms with Crippen LogP contribution in [0, 0.1) is 24.6 Å². The van der Waals surface area contributed by atoms with Crippen LogP contribution in [0.5, 0.6) is 0 Å². The summed E-state index contributed by atoms with van der Waals surface area (Å²) in [5, 5.41) is 0. The fraction of sp³-hybridized carbons (Fsp3) is 0.182. The van der Waals surface area contributed by atoms with E-state index in [2.05, 4.69) is 16.6 Å². The van der Waals surface area contributed by atoms with Gasteiger partial charge in [-0.3, -0.25) is 0 Å². The molecular weight excluding hydrogens is 183 g/mol. The number of hydrogen-bond acceptors (Lipinski definition) is 2. The number of carbonyl (C=O) groups excluding carboxylic acids is 1. The lowest BCUT2D eigenvalue weighted by atomic mass is 10.1. The van der Waals surface area contributed by atoms with Gasteiger partial charge in [-0.2, -0.15) is 0 Å². The number of benzene rings is 1. The Labute approximate surface area is 81.7 Å². The topological polar surface area (TPSA) is 26.3 Å². The van der Waals surface area contributed by atoms with Crippen molar-refractivity contribution in [3.8, 4) is 11.8 Å². The third-order valence-electron chi connectivity index (χ3n) is 1.75. The van der Waals surface area contributed by atoms with Crippen molar-refractivity contribution in [1.82, 2.24) is 0 Å². The first-order valence-corrected chi connectivity index (χ1v) is 4.00. The van der Waals surface area contributed by atoms with Gasteiger partial charge in [-0.05, 0) is 19.1 Å². The molecule has 0 radical (unpaired) electrons. The van der Waals surface area contributed by atoms with Crippen molar-refractivity contribution >= 4 is 5.97 Å². The Morgan fingerprint density at radius 3 is 2.86 bits per heavy atom. The average Bonchev–Trinajstić information content (AvgIpc) is 2.20. The van der Waals surface area contributed by atoms with Crippen molar-refractivity contribution in [2.45, 2.75) is 6.92 Å². The molecule has 0 unspecified atom stereocenters. The molecule has 1 rings (SSSR count). The molecule has 0 fully saturated rings. The van der Waals surface area contributed by atoms with Gasteiger partial charge in [0.2, 0.25) is 0 Å². The zero-order valence-corrected chi connectivity index (χ0v) is 7.93. The monoisotopic (exact) mass is 192 g/mol. The van der Waals surface area contributed by atoms with Crippen molar-refractivity contribution in [3.05, 3.63) is 35.1 Å². The summed E-state index contributed by atoms with van der Waals surface area (Å²) in [6.45, 7) is 1.61. The first-order valence-electron chi connectivity index (χ1n) is 4.00. The Bertz CT molecular complexity index is 413. The van der Waals surface area contributed by atoms with Gasteiger partial charge < -0.3 is 4.74 Å². The number of rotatable bonds is 0. The van der Waals surface area contributed by atoms with E-state index in [0.29, 0.717) is 11.1 Å². The second kappa shape index (κ2) is 4.43. The van der Waals surface area contributed by atoms with Crippen LogP contribution in [-0.4, -0.2) is 13.1 Å². The van der Waals surface area contributed by atoms with E-state index in [0.717, 1.165) is 0 Å². The zero-order valence-electron chi connectivity index (χ0n) is 7.93. The fourth-order valence-electron chi connectivity index (χ4n) is 0.912. The van der Waals surface area contributed by atoms with Gasteiger partial charge in [-0.15, -0.1) is 0 Å². The number of hydrogen-bond donors (Lipinski definition) is 0. The minimum Gasteiger partial charge on any atom is -0.459 e. The molecule has 1 aromatic carbocycles. The van der Waals surface area contributed by atoms with Gasteiger partial charge in [0, 0.05) is 17.0 Å². The van der Waals surface area contributed by atoms with Gasteiger partial charge in [-0.1, -0.05) is 12.0 Å². The fourth-order valence-corrected chi connectivity index (χ4v) is 0.912. The maximum Gasteiger partial charge on any atom is 0.384 e. The summed E-state index contributed by atoms with van der Waals surface area (Å²) in [4.78, 5) is 10.7. The third-order valence-corrected chi connectivity index (χ3v) is 1.75. The average molecular weight is 192 g/mol. The van der Waals surface area contributed by atoms with E-state index < -0.39 is 5.97 Å². The van der Waals surface area contributed by atoms with Gasteiger partial charge >= 0.3 is 5.97 Å². The Morgan fingerprint density at radius 1 is 1.50 bits per heavy atom. The molecule has 0 amide bonds. The molecule has 14 heavy (non-hydrogen) atoms. The van der Waals surface area contributed by atoms with Crippen LogP contribution in [0.1, 0.15) is 11.1 Å². The molecule has 0 heterocycles. The quantitative estimate of drug-likeness (QED) is 0.461. The lowest BCUT2D eigenvalue weighted by Crippen LogP contribution is -1.95. The highest BCUT2D eigenvalue weighted by Gasteiger charge is 2.00. The highest BCUT2D eigenvalue weighted by Crippen LogP contribution is 2.10. The van der Waals surface area contributed by atoms with Crippen LogP contribution in [0.2, 0.25) is 0 Å². The summed E-state index contributed by atoms with van der Waals surface area (Å²) in [5.41, 5.74) is 0.930. The molecule has 0 aliphatic rings. The SMILES string of the molecule is COC(=O)C#Cc1cccc(F)c1C. The molecule has 0 spiro atoms. The molecule has 1 aromatic rings. The normalized spacial score (nSPS) is 8.79. The Kier molecular flexibility index (Phi) is 3.24. The molecule has 2 nitrogen and oxygen atoms in total. The van der Waals surface area contributed by atoms with E-state index in [4.69, 9.17) is 0 Å². The van der Waals surface area contributed by atoms with Crippen molar-refractivity contribution in [2.75, 3.05) is 7.11 Å². The molecule has 0 N–H and O–H groups in total. The Hall–Kier alpha value is -1.82. The summed E-state index contributed by atoms with van der Waals surface area (Å²) in [7, 11) is 1.25. The molecule has 0 saturated heterocycles. The predicted octanol–water partition coefficient (Wildman–Crippen LogP) is 1.66. The molecule has 0 aliphatic heterocycles. The van der Waals surface area contributed by atoms with Crippen LogP contribution >= 0.6 is 0 Å². The lowest BCUT2D eigenvalue weighted by Gasteiger charge is -1.97. The summed E-state index contributed by atoms with van der Waals surface area (Å²) >= 11 is 0. The number of halogens is 1. The second-order valence-corrected chi connectivity index (χ2v) is 2.65. The minimum atomic E-state index is -0.631. The standard InChI is InChI=1S/C11H9FO2/c1-8-9(4-3-5-10(8)12)6-7-11(13)14-2/h3-5H,1-2H3. The molecule has 0 aliphatic carbocycles. The molecule has 0 atom stereocenters. The molecule has 72 valence electrons. The van der Waals surface area contributed by atoms with E-state index in [1.165, 1.54) is 13.2 Å². The predicted molar refractivity (Wildman–Crippen MR) is 50.0 cm³/mol. The van der Waals surface area contributed by atoms with Crippen LogP contribution in [0.4, 0.5) is 4.39 Å². The Balaban J connectivity index is 3.01. The first kappa shape index (κ1) is 10.3. The lowest BCUT2D eigenvalue weighted by molar-refractivity contribution is -0.133. The van der Waals surface area contributed by atoms with Gasteiger partial charge in [0.15, 0.2) is 0 Å². The number of esters is 1. The minimum absolute atomic E-state index is 0.332. The van der Waals surface area contributed by atoms with Crippen LogP contribution in [0.15, 0.2) is 18.2 Å². The van der Waals surface area contributed by atoms with Gasteiger partial charge in [0.1, 0.15) is 5.82 Å². The molecular formula is C11H9FO2. The van der Waals surface area contributed by atoms with Gasteiger partial charge in [-0.25, -0.2) is 9.18 Å². The maximum atomic E-state index is 13.0. The van der Waals surface area contributed by atoms with Crippen LogP contribution in [0.3, 0.4) is 0 Å². The number of carbonyl (C=O) groups is 1. The number of methoxy groups -OCH3 is 1. The van der Waals surface area contributed by atoms with E-state index in [1.54, 1.807) is 19.1 Å². The molecule has 0 aromatic heterocycles. The van der Waals surface area contributed by atoms with E-state index in [9.17, 15) is 9.18 Å². The van der Waals surface area contributed by atoms with E-state index in [-0.39, 0.29) is 5.82 Å². The van der Waals surface area contributed by atoms with E-state index >= 15 is 0 Å². The van der Waals surface area contributed by atoms with Gasteiger partial charge in [0.05, 0.1) is 7.11 Å². The van der Waals surface area contributed by atoms with Crippen molar-refractivity contribution in [2.24, 2.45) is 0 Å². The molecule has 0 bridgehead atoms. The summed E-state index contributed by atoms with van der Waals surface area (Å²) < 4.78 is 17.3. The van der Waals surface area contributed by atoms with E-state index in [1.807, 2.05) is 0 Å². The highest BCUT2D eigenvalue weighted by atomic mass is 19.1. The van der Waals surface area contributed by atoms with Crippen LogP contribution in [0.25, 0.3) is 0 Å². The van der Waals surface area contributed by atoms with Crippen molar-refractivity contribution in [1.29, 1.82) is 0 Å².